The molecule has 2 aromatic carbocycles. The molecule has 104 valence electrons. The Morgan fingerprint density at radius 1 is 1.19 bits per heavy atom. The van der Waals surface area contributed by atoms with E-state index in [-0.39, 0.29) is 5.96 Å². The van der Waals surface area contributed by atoms with Crippen LogP contribution in [-0.2, 0) is 6.42 Å². The molecule has 1 aliphatic rings. The number of para-hydroxylation sites is 1. The fourth-order valence-electron chi connectivity index (χ4n) is 2.93. The molecule has 0 bridgehead atoms. The summed E-state index contributed by atoms with van der Waals surface area (Å²) >= 11 is 0. The predicted molar refractivity (Wildman–Crippen MR) is 84.0 cm³/mol. The lowest BCUT2D eigenvalue weighted by Gasteiger charge is -2.17. The van der Waals surface area contributed by atoms with E-state index in [9.17, 15) is 0 Å². The maximum atomic E-state index is 7.68. The van der Waals surface area contributed by atoms with E-state index < -0.39 is 0 Å². The van der Waals surface area contributed by atoms with Gasteiger partial charge in [-0.2, -0.15) is 5.10 Å². The van der Waals surface area contributed by atoms with Gasteiger partial charge in [0.25, 0.3) is 0 Å². The number of hydrogen-bond donors (Lipinski definition) is 2. The molecule has 1 aliphatic heterocycles. The van der Waals surface area contributed by atoms with Gasteiger partial charge in [-0.25, -0.2) is 4.68 Å². The number of guanidine groups is 1. The highest BCUT2D eigenvalue weighted by molar-refractivity contribution is 5.95. The molecule has 0 fully saturated rings. The Balaban J connectivity index is 1.87. The number of aromatic nitrogens is 2. The van der Waals surface area contributed by atoms with Crippen molar-refractivity contribution in [1.82, 2.24) is 9.78 Å². The van der Waals surface area contributed by atoms with Crippen LogP contribution in [-0.4, -0.2) is 22.3 Å². The first-order valence-corrected chi connectivity index (χ1v) is 6.92. The summed E-state index contributed by atoms with van der Waals surface area (Å²) in [6, 6.07) is 14.4. The van der Waals surface area contributed by atoms with Gasteiger partial charge in [-0.3, -0.25) is 5.41 Å². The van der Waals surface area contributed by atoms with Crippen molar-refractivity contribution in [3.8, 4) is 5.69 Å². The third kappa shape index (κ3) is 1.78. The molecule has 5 nitrogen and oxygen atoms in total. The fourth-order valence-corrected chi connectivity index (χ4v) is 2.93. The molecule has 0 unspecified atom stereocenters. The molecule has 3 N–H and O–H groups in total. The standard InChI is InChI=1S/C16H15N5/c17-16(18)20-8-7-11-5-6-13(9-15(11)20)21-14-4-2-1-3-12(14)10-19-21/h1-6,9-10H,7-8H2,(H3,17,18). The minimum atomic E-state index is 0.0937. The quantitative estimate of drug-likeness (QED) is 0.529. The number of benzene rings is 2. The summed E-state index contributed by atoms with van der Waals surface area (Å²) in [5.74, 6) is 0.0937. The zero-order chi connectivity index (χ0) is 14.4. The normalized spacial score (nSPS) is 13.6. The number of fused-ring (bicyclic) bond motifs is 2. The average Bonchev–Trinajstić information content (AvgIpc) is 3.10. The lowest BCUT2D eigenvalue weighted by molar-refractivity contribution is 0.910. The second-order valence-corrected chi connectivity index (χ2v) is 5.22. The Kier molecular flexibility index (Phi) is 2.47. The number of nitrogens with two attached hydrogens (primary N) is 1. The second kappa shape index (κ2) is 4.34. The van der Waals surface area contributed by atoms with Crippen LogP contribution >= 0.6 is 0 Å². The van der Waals surface area contributed by atoms with E-state index in [0.717, 1.165) is 35.2 Å². The zero-order valence-corrected chi connectivity index (χ0v) is 11.5. The monoisotopic (exact) mass is 277 g/mol. The van der Waals surface area contributed by atoms with E-state index in [4.69, 9.17) is 11.1 Å². The summed E-state index contributed by atoms with van der Waals surface area (Å²) in [7, 11) is 0. The van der Waals surface area contributed by atoms with Gasteiger partial charge < -0.3 is 10.6 Å². The Hall–Kier alpha value is -2.82. The minimum Gasteiger partial charge on any atom is -0.370 e. The van der Waals surface area contributed by atoms with E-state index >= 15 is 0 Å². The minimum absolute atomic E-state index is 0.0937. The first kappa shape index (κ1) is 12.0. The fraction of sp³-hybridized carbons (Fsp3) is 0.125. The number of nitrogens with one attached hydrogen (secondary N) is 1. The van der Waals surface area contributed by atoms with Crippen LogP contribution in [0, 0.1) is 5.41 Å². The molecule has 0 spiro atoms. The summed E-state index contributed by atoms with van der Waals surface area (Å²) in [6.45, 7) is 0.772. The molecule has 2 heterocycles. The van der Waals surface area contributed by atoms with Crippen molar-refractivity contribution in [2.24, 2.45) is 5.73 Å². The van der Waals surface area contributed by atoms with Gasteiger partial charge in [0.15, 0.2) is 5.96 Å². The number of nitrogens with zero attached hydrogens (tertiary/aromatic N) is 3. The summed E-state index contributed by atoms with van der Waals surface area (Å²) in [5, 5.41) is 13.3. The van der Waals surface area contributed by atoms with Crippen LogP contribution in [0.1, 0.15) is 5.56 Å². The number of rotatable bonds is 1. The summed E-state index contributed by atoms with van der Waals surface area (Å²) in [4.78, 5) is 1.84. The van der Waals surface area contributed by atoms with Crippen LogP contribution in [0.4, 0.5) is 5.69 Å². The number of anilines is 1. The smallest absolute Gasteiger partial charge is 0.192 e. The molecule has 5 heteroatoms. The van der Waals surface area contributed by atoms with E-state index in [1.807, 2.05) is 34.0 Å². The predicted octanol–water partition coefficient (Wildman–Crippen LogP) is 2.28. The third-order valence-corrected chi connectivity index (χ3v) is 3.98. The topological polar surface area (TPSA) is 70.9 Å². The molecule has 0 aliphatic carbocycles. The van der Waals surface area contributed by atoms with Gasteiger partial charge in [0.2, 0.25) is 0 Å². The molecule has 3 aromatic rings. The van der Waals surface area contributed by atoms with Gasteiger partial charge in [-0.05, 0) is 30.2 Å². The second-order valence-electron chi connectivity index (χ2n) is 5.22. The van der Waals surface area contributed by atoms with Crippen molar-refractivity contribution in [3.05, 3.63) is 54.2 Å². The maximum Gasteiger partial charge on any atom is 0.192 e. The van der Waals surface area contributed by atoms with Crippen molar-refractivity contribution >= 4 is 22.5 Å². The third-order valence-electron chi connectivity index (χ3n) is 3.98. The molecule has 0 atom stereocenters. The van der Waals surface area contributed by atoms with E-state index in [1.54, 1.807) is 0 Å². The molecule has 0 saturated carbocycles. The van der Waals surface area contributed by atoms with Crippen LogP contribution < -0.4 is 10.6 Å². The van der Waals surface area contributed by atoms with Crippen LogP contribution in [0.25, 0.3) is 16.6 Å². The Morgan fingerprint density at radius 3 is 2.90 bits per heavy atom. The molecule has 0 amide bonds. The van der Waals surface area contributed by atoms with Crippen LogP contribution in [0.5, 0.6) is 0 Å². The van der Waals surface area contributed by atoms with Crippen molar-refractivity contribution in [3.63, 3.8) is 0 Å². The number of hydrogen-bond acceptors (Lipinski definition) is 2. The van der Waals surface area contributed by atoms with Gasteiger partial charge in [0.05, 0.1) is 17.4 Å². The summed E-state index contributed by atoms with van der Waals surface area (Å²) in [5.41, 5.74) is 9.96. The lowest BCUT2D eigenvalue weighted by atomic mass is 10.1. The highest BCUT2D eigenvalue weighted by Gasteiger charge is 2.21. The van der Waals surface area contributed by atoms with Gasteiger partial charge in [0.1, 0.15) is 0 Å². The Labute approximate surface area is 122 Å². The lowest BCUT2D eigenvalue weighted by Crippen LogP contribution is -2.34. The van der Waals surface area contributed by atoms with Gasteiger partial charge in [-0.1, -0.05) is 24.3 Å². The average molecular weight is 277 g/mol. The van der Waals surface area contributed by atoms with Crippen LogP contribution in [0.3, 0.4) is 0 Å². The van der Waals surface area contributed by atoms with Crippen LogP contribution in [0.15, 0.2) is 48.7 Å². The molecule has 4 rings (SSSR count). The Morgan fingerprint density at radius 2 is 2.05 bits per heavy atom. The largest absolute Gasteiger partial charge is 0.370 e. The van der Waals surface area contributed by atoms with Gasteiger partial charge in [0, 0.05) is 17.6 Å². The summed E-state index contributed by atoms with van der Waals surface area (Å²) < 4.78 is 1.92. The van der Waals surface area contributed by atoms with Crippen molar-refractivity contribution < 1.29 is 0 Å². The van der Waals surface area contributed by atoms with Crippen molar-refractivity contribution in [2.75, 3.05) is 11.4 Å². The van der Waals surface area contributed by atoms with Crippen molar-refractivity contribution in [1.29, 1.82) is 5.41 Å². The SMILES string of the molecule is N=C(N)N1CCc2ccc(-n3ncc4ccccc43)cc21. The molecule has 21 heavy (non-hydrogen) atoms. The van der Waals surface area contributed by atoms with Crippen LogP contribution in [0.2, 0.25) is 0 Å². The molecule has 1 aromatic heterocycles. The zero-order valence-electron chi connectivity index (χ0n) is 11.5. The molecular weight excluding hydrogens is 262 g/mol. The van der Waals surface area contributed by atoms with E-state index in [0.29, 0.717) is 0 Å². The van der Waals surface area contributed by atoms with E-state index in [2.05, 4.69) is 29.4 Å². The first-order chi connectivity index (χ1) is 10.2. The highest BCUT2D eigenvalue weighted by atomic mass is 15.3. The van der Waals surface area contributed by atoms with Gasteiger partial charge >= 0.3 is 0 Å². The molecular formula is C16H15N5. The molecule has 0 radical (unpaired) electrons. The molecule has 0 saturated heterocycles. The summed E-state index contributed by atoms with van der Waals surface area (Å²) in [6.07, 6.45) is 2.79. The van der Waals surface area contributed by atoms with Gasteiger partial charge in [-0.15, -0.1) is 0 Å². The first-order valence-electron chi connectivity index (χ1n) is 6.92. The van der Waals surface area contributed by atoms with E-state index in [1.165, 1.54) is 5.56 Å². The highest BCUT2D eigenvalue weighted by Crippen LogP contribution is 2.30. The van der Waals surface area contributed by atoms with Crippen molar-refractivity contribution in [2.45, 2.75) is 6.42 Å². The Bertz CT molecular complexity index is 849. The maximum absolute atomic E-state index is 7.68.